The van der Waals surface area contributed by atoms with Crippen LogP contribution >= 0.6 is 0 Å². The highest BCUT2D eigenvalue weighted by Crippen LogP contribution is 2.24. The lowest BCUT2D eigenvalue weighted by atomic mass is 10.1. The highest BCUT2D eigenvalue weighted by molar-refractivity contribution is 5.59. The Morgan fingerprint density at radius 3 is 2.75 bits per heavy atom. The smallest absolute Gasteiger partial charge is 0.229 e. The first-order chi connectivity index (χ1) is 15.6. The van der Waals surface area contributed by atoms with Crippen LogP contribution in [0.4, 0.5) is 17.5 Å². The molecule has 1 atom stereocenters. The molecule has 1 aromatic carbocycles. The third-order valence-corrected chi connectivity index (χ3v) is 6.13. The minimum atomic E-state index is 0.515. The van der Waals surface area contributed by atoms with E-state index < -0.39 is 0 Å². The van der Waals surface area contributed by atoms with Crippen LogP contribution in [0.2, 0.25) is 0 Å². The predicted octanol–water partition coefficient (Wildman–Crippen LogP) is 5.49. The SMILES string of the molecule is CCCCCNC1CCCN(c2cc(CCCC)nc(Nc3ccc(C)c(C#N)c3)n2)C1. The molecular weight excluding hydrogens is 396 g/mol. The van der Waals surface area contributed by atoms with Crippen LogP contribution in [0.1, 0.15) is 75.6 Å². The normalized spacial score (nSPS) is 16.1. The molecule has 1 unspecified atom stereocenters. The van der Waals surface area contributed by atoms with Gasteiger partial charge in [0.25, 0.3) is 0 Å². The maximum Gasteiger partial charge on any atom is 0.229 e. The minimum Gasteiger partial charge on any atom is -0.355 e. The fourth-order valence-corrected chi connectivity index (χ4v) is 4.17. The largest absolute Gasteiger partial charge is 0.355 e. The van der Waals surface area contributed by atoms with Crippen LogP contribution in [0.3, 0.4) is 0 Å². The van der Waals surface area contributed by atoms with Gasteiger partial charge in [0.15, 0.2) is 0 Å². The van der Waals surface area contributed by atoms with Crippen LogP contribution in [-0.2, 0) is 6.42 Å². The second-order valence-corrected chi connectivity index (χ2v) is 8.86. The maximum atomic E-state index is 9.36. The van der Waals surface area contributed by atoms with E-state index in [-0.39, 0.29) is 0 Å². The Bertz CT molecular complexity index is 904. The molecular formula is C26H38N6. The molecule has 0 amide bonds. The topological polar surface area (TPSA) is 76.9 Å². The highest BCUT2D eigenvalue weighted by atomic mass is 15.2. The summed E-state index contributed by atoms with van der Waals surface area (Å²) in [6, 6.07) is 10.7. The first-order valence-corrected chi connectivity index (χ1v) is 12.3. The van der Waals surface area contributed by atoms with Crippen molar-refractivity contribution in [1.29, 1.82) is 5.26 Å². The van der Waals surface area contributed by atoms with Gasteiger partial charge in [-0.25, -0.2) is 4.98 Å². The Hall–Kier alpha value is -2.65. The number of benzene rings is 1. The zero-order valence-electron chi connectivity index (χ0n) is 20.0. The maximum absolute atomic E-state index is 9.36. The Balaban J connectivity index is 1.77. The van der Waals surface area contributed by atoms with Gasteiger partial charge in [0, 0.05) is 36.6 Å². The molecule has 172 valence electrons. The van der Waals surface area contributed by atoms with Gasteiger partial charge >= 0.3 is 0 Å². The molecule has 2 N–H and O–H groups in total. The number of piperidine rings is 1. The first kappa shape index (κ1) is 24.0. The summed E-state index contributed by atoms with van der Waals surface area (Å²) in [7, 11) is 0. The second kappa shape index (κ2) is 12.4. The third-order valence-electron chi connectivity index (χ3n) is 6.13. The lowest BCUT2D eigenvalue weighted by Crippen LogP contribution is -2.46. The van der Waals surface area contributed by atoms with Gasteiger partial charge in [0.1, 0.15) is 5.82 Å². The van der Waals surface area contributed by atoms with E-state index in [0.717, 1.165) is 61.7 Å². The third kappa shape index (κ3) is 6.93. The monoisotopic (exact) mass is 434 g/mol. The van der Waals surface area contributed by atoms with Crippen molar-refractivity contribution in [3.05, 3.63) is 41.1 Å². The van der Waals surface area contributed by atoms with Crippen molar-refractivity contribution >= 4 is 17.5 Å². The molecule has 1 aliphatic heterocycles. The van der Waals surface area contributed by atoms with Crippen LogP contribution in [0.25, 0.3) is 0 Å². The van der Waals surface area contributed by atoms with E-state index in [2.05, 4.69) is 41.5 Å². The number of nitrogens with zero attached hydrogens (tertiary/aromatic N) is 4. The average molecular weight is 435 g/mol. The summed E-state index contributed by atoms with van der Waals surface area (Å²) >= 11 is 0. The van der Waals surface area contributed by atoms with Crippen LogP contribution in [0, 0.1) is 18.3 Å². The molecule has 6 heteroatoms. The summed E-state index contributed by atoms with van der Waals surface area (Å²) in [5.74, 6) is 1.61. The molecule has 0 bridgehead atoms. The molecule has 1 saturated heterocycles. The molecule has 0 aliphatic carbocycles. The molecule has 6 nitrogen and oxygen atoms in total. The molecule has 0 saturated carbocycles. The van der Waals surface area contributed by atoms with Crippen molar-refractivity contribution in [3.63, 3.8) is 0 Å². The number of nitriles is 1. The van der Waals surface area contributed by atoms with Crippen LogP contribution in [-0.4, -0.2) is 35.6 Å². The summed E-state index contributed by atoms with van der Waals surface area (Å²) in [5, 5.41) is 16.5. The van der Waals surface area contributed by atoms with E-state index in [1.165, 1.54) is 32.1 Å². The summed E-state index contributed by atoms with van der Waals surface area (Å²) in [6.45, 7) is 9.51. The highest BCUT2D eigenvalue weighted by Gasteiger charge is 2.21. The van der Waals surface area contributed by atoms with Crippen LogP contribution in [0.5, 0.6) is 0 Å². The van der Waals surface area contributed by atoms with E-state index in [1.54, 1.807) is 0 Å². The lowest BCUT2D eigenvalue weighted by Gasteiger charge is -2.34. The van der Waals surface area contributed by atoms with Gasteiger partial charge in [-0.05, 0) is 63.3 Å². The van der Waals surface area contributed by atoms with Crippen molar-refractivity contribution in [2.75, 3.05) is 29.9 Å². The van der Waals surface area contributed by atoms with Gasteiger partial charge < -0.3 is 15.5 Å². The minimum absolute atomic E-state index is 0.515. The van der Waals surface area contributed by atoms with Crippen molar-refractivity contribution in [1.82, 2.24) is 15.3 Å². The molecule has 1 aromatic heterocycles. The van der Waals surface area contributed by atoms with Gasteiger partial charge in [0.2, 0.25) is 5.95 Å². The zero-order chi connectivity index (χ0) is 22.8. The van der Waals surface area contributed by atoms with Crippen molar-refractivity contribution in [2.45, 2.75) is 78.2 Å². The van der Waals surface area contributed by atoms with E-state index in [9.17, 15) is 5.26 Å². The van der Waals surface area contributed by atoms with Crippen molar-refractivity contribution < 1.29 is 0 Å². The van der Waals surface area contributed by atoms with Gasteiger partial charge in [-0.3, -0.25) is 0 Å². The fraction of sp³-hybridized carbons (Fsp3) is 0.577. The second-order valence-electron chi connectivity index (χ2n) is 8.86. The number of rotatable bonds is 11. The first-order valence-electron chi connectivity index (χ1n) is 12.3. The van der Waals surface area contributed by atoms with Gasteiger partial charge in [-0.2, -0.15) is 10.2 Å². The van der Waals surface area contributed by atoms with E-state index >= 15 is 0 Å². The van der Waals surface area contributed by atoms with Crippen molar-refractivity contribution in [2.24, 2.45) is 0 Å². The number of aryl methyl sites for hydroxylation is 2. The van der Waals surface area contributed by atoms with Crippen LogP contribution < -0.4 is 15.5 Å². The molecule has 32 heavy (non-hydrogen) atoms. The number of hydrogen-bond acceptors (Lipinski definition) is 6. The molecule has 0 spiro atoms. The quantitative estimate of drug-likeness (QED) is 0.455. The van der Waals surface area contributed by atoms with E-state index in [4.69, 9.17) is 9.97 Å². The molecule has 2 aromatic rings. The summed E-state index contributed by atoms with van der Waals surface area (Å²) in [6.07, 6.45) is 9.39. The Kier molecular flexibility index (Phi) is 9.30. The van der Waals surface area contributed by atoms with E-state index in [0.29, 0.717) is 17.6 Å². The van der Waals surface area contributed by atoms with Gasteiger partial charge in [-0.1, -0.05) is 39.2 Å². The molecule has 1 aliphatic rings. The molecule has 3 rings (SSSR count). The lowest BCUT2D eigenvalue weighted by molar-refractivity contribution is 0.416. The zero-order valence-corrected chi connectivity index (χ0v) is 20.0. The summed E-state index contributed by atoms with van der Waals surface area (Å²) < 4.78 is 0. The number of aromatic nitrogens is 2. The summed E-state index contributed by atoms with van der Waals surface area (Å²) in [4.78, 5) is 12.1. The average Bonchev–Trinajstić information content (AvgIpc) is 2.82. The van der Waals surface area contributed by atoms with E-state index in [1.807, 2.05) is 25.1 Å². The van der Waals surface area contributed by atoms with Gasteiger partial charge in [0.05, 0.1) is 11.6 Å². The van der Waals surface area contributed by atoms with Gasteiger partial charge in [-0.15, -0.1) is 0 Å². The fourth-order valence-electron chi connectivity index (χ4n) is 4.17. The predicted molar refractivity (Wildman–Crippen MR) is 133 cm³/mol. The molecule has 0 radical (unpaired) electrons. The Morgan fingerprint density at radius 2 is 1.97 bits per heavy atom. The van der Waals surface area contributed by atoms with Crippen molar-refractivity contribution in [3.8, 4) is 6.07 Å². The molecule has 2 heterocycles. The number of unbranched alkanes of at least 4 members (excludes halogenated alkanes) is 3. The summed E-state index contributed by atoms with van der Waals surface area (Å²) in [5.41, 5.74) is 3.57. The van der Waals surface area contributed by atoms with Crippen LogP contribution in [0.15, 0.2) is 24.3 Å². The Labute approximate surface area is 193 Å². The number of nitrogens with one attached hydrogen (secondary N) is 2. The molecule has 1 fully saturated rings. The Morgan fingerprint density at radius 1 is 1.12 bits per heavy atom. The standard InChI is InChI=1S/C26H38N6/c1-4-6-8-14-28-24-11-9-15-32(19-24)25-17-22(10-7-5-2)29-26(31-25)30-23-13-12-20(3)21(16-23)18-27/h12-13,16-17,24,28H,4-11,14-15,19H2,1-3H3,(H,29,30,31). The number of anilines is 3. The number of hydrogen-bond donors (Lipinski definition) is 2.